The van der Waals surface area contributed by atoms with Crippen LogP contribution in [0, 0.1) is 6.92 Å². The standard InChI is InChI=1S/C24H24N2O2S/c1-19-11-13-21(14-12-19)27-16-15-26-23-10-6-5-9-22(23)25-24(26)29-18-17-28-20-7-3-2-4-8-20/h2-14H,15-18H2,1H3. The summed E-state index contributed by atoms with van der Waals surface area (Å²) in [4.78, 5) is 4.81. The number of rotatable bonds is 9. The smallest absolute Gasteiger partial charge is 0.169 e. The number of nitrogens with zero attached hydrogens (tertiary/aromatic N) is 2. The van der Waals surface area contributed by atoms with E-state index in [9.17, 15) is 0 Å². The average Bonchev–Trinajstić information content (AvgIpc) is 3.11. The third-order valence-electron chi connectivity index (χ3n) is 4.55. The Balaban J connectivity index is 1.39. The SMILES string of the molecule is Cc1ccc(OCCn2c(SCCOc3ccccc3)nc3ccccc32)cc1. The molecule has 0 aliphatic heterocycles. The lowest BCUT2D eigenvalue weighted by atomic mass is 10.2. The van der Waals surface area contributed by atoms with E-state index < -0.39 is 0 Å². The summed E-state index contributed by atoms with van der Waals surface area (Å²) in [6.45, 7) is 4.05. The molecule has 0 spiro atoms. The molecule has 148 valence electrons. The van der Waals surface area contributed by atoms with E-state index >= 15 is 0 Å². The molecule has 0 amide bonds. The number of imidazole rings is 1. The summed E-state index contributed by atoms with van der Waals surface area (Å²) in [5, 5.41) is 0.996. The van der Waals surface area contributed by atoms with E-state index in [1.165, 1.54) is 5.56 Å². The molecule has 0 unspecified atom stereocenters. The van der Waals surface area contributed by atoms with Crippen molar-refractivity contribution in [3.8, 4) is 11.5 Å². The second kappa shape index (κ2) is 9.52. The van der Waals surface area contributed by atoms with Gasteiger partial charge in [-0.1, -0.05) is 59.8 Å². The fourth-order valence-electron chi connectivity index (χ4n) is 3.08. The lowest BCUT2D eigenvalue weighted by Gasteiger charge is -2.11. The second-order valence-electron chi connectivity index (χ2n) is 6.71. The molecular formula is C24H24N2O2S. The van der Waals surface area contributed by atoms with Gasteiger partial charge in [-0.15, -0.1) is 0 Å². The second-order valence-corrected chi connectivity index (χ2v) is 7.77. The normalized spacial score (nSPS) is 10.9. The molecule has 0 atom stereocenters. The summed E-state index contributed by atoms with van der Waals surface area (Å²) in [5.74, 6) is 2.62. The molecule has 4 nitrogen and oxygen atoms in total. The van der Waals surface area contributed by atoms with Crippen molar-refractivity contribution >= 4 is 22.8 Å². The van der Waals surface area contributed by atoms with Gasteiger partial charge in [0.05, 0.1) is 24.2 Å². The molecule has 0 aliphatic carbocycles. The molecule has 1 aromatic heterocycles. The van der Waals surface area contributed by atoms with E-state index in [1.807, 2.05) is 54.6 Å². The highest BCUT2D eigenvalue weighted by atomic mass is 32.2. The summed E-state index contributed by atoms with van der Waals surface area (Å²) >= 11 is 1.71. The van der Waals surface area contributed by atoms with Crippen molar-refractivity contribution in [2.45, 2.75) is 18.6 Å². The first-order chi connectivity index (χ1) is 14.3. The number of hydrogen-bond acceptors (Lipinski definition) is 4. The molecule has 0 saturated heterocycles. The quantitative estimate of drug-likeness (QED) is 0.269. The van der Waals surface area contributed by atoms with Crippen molar-refractivity contribution < 1.29 is 9.47 Å². The molecule has 4 rings (SSSR count). The average molecular weight is 405 g/mol. The first-order valence-electron chi connectivity index (χ1n) is 9.75. The molecule has 0 aliphatic rings. The zero-order chi connectivity index (χ0) is 19.9. The first kappa shape index (κ1) is 19.4. The predicted molar refractivity (Wildman–Crippen MR) is 119 cm³/mol. The van der Waals surface area contributed by atoms with Crippen LogP contribution in [0.1, 0.15) is 5.56 Å². The van der Waals surface area contributed by atoms with Gasteiger partial charge >= 0.3 is 0 Å². The molecule has 29 heavy (non-hydrogen) atoms. The lowest BCUT2D eigenvalue weighted by molar-refractivity contribution is 0.295. The van der Waals surface area contributed by atoms with Gasteiger partial charge in [-0.2, -0.15) is 0 Å². The fraction of sp³-hybridized carbons (Fsp3) is 0.208. The minimum atomic E-state index is 0.595. The van der Waals surface area contributed by atoms with Gasteiger partial charge in [0.2, 0.25) is 0 Å². The van der Waals surface area contributed by atoms with E-state index in [-0.39, 0.29) is 0 Å². The minimum Gasteiger partial charge on any atom is -0.493 e. The van der Waals surface area contributed by atoms with E-state index in [0.717, 1.165) is 40.0 Å². The van der Waals surface area contributed by atoms with Crippen LogP contribution in [-0.2, 0) is 6.54 Å². The molecule has 1 heterocycles. The van der Waals surface area contributed by atoms with Crippen molar-refractivity contribution in [2.75, 3.05) is 19.0 Å². The molecule has 4 aromatic rings. The molecule has 0 fully saturated rings. The Labute approximate surface area is 175 Å². The Kier molecular flexibility index (Phi) is 6.37. The summed E-state index contributed by atoms with van der Waals surface area (Å²) in [6, 6.07) is 26.3. The van der Waals surface area contributed by atoms with Crippen LogP contribution in [0.4, 0.5) is 0 Å². The molecule has 0 bridgehead atoms. The van der Waals surface area contributed by atoms with Crippen molar-refractivity contribution in [3.05, 3.63) is 84.4 Å². The number of para-hydroxylation sites is 3. The Morgan fingerprint density at radius 1 is 0.793 bits per heavy atom. The van der Waals surface area contributed by atoms with Crippen molar-refractivity contribution in [3.63, 3.8) is 0 Å². The van der Waals surface area contributed by atoms with Crippen LogP contribution in [0.15, 0.2) is 84.0 Å². The van der Waals surface area contributed by atoms with Crippen molar-refractivity contribution in [2.24, 2.45) is 0 Å². The predicted octanol–water partition coefficient (Wildman–Crippen LogP) is 5.59. The van der Waals surface area contributed by atoms with Crippen LogP contribution in [0.25, 0.3) is 11.0 Å². The Morgan fingerprint density at radius 3 is 2.31 bits per heavy atom. The van der Waals surface area contributed by atoms with Gasteiger partial charge in [0.25, 0.3) is 0 Å². The lowest BCUT2D eigenvalue weighted by Crippen LogP contribution is -2.10. The largest absolute Gasteiger partial charge is 0.493 e. The highest BCUT2D eigenvalue weighted by Crippen LogP contribution is 2.24. The number of benzene rings is 3. The van der Waals surface area contributed by atoms with E-state index in [0.29, 0.717) is 13.2 Å². The number of hydrogen-bond donors (Lipinski definition) is 0. The van der Waals surface area contributed by atoms with Gasteiger partial charge in [-0.05, 0) is 43.3 Å². The van der Waals surface area contributed by atoms with Crippen LogP contribution in [-0.4, -0.2) is 28.5 Å². The minimum absolute atomic E-state index is 0.595. The van der Waals surface area contributed by atoms with Gasteiger partial charge in [0, 0.05) is 5.75 Å². The summed E-state index contributed by atoms with van der Waals surface area (Å²) in [7, 11) is 0. The van der Waals surface area contributed by atoms with E-state index in [2.05, 4.69) is 35.8 Å². The summed E-state index contributed by atoms with van der Waals surface area (Å²) < 4.78 is 14.0. The van der Waals surface area contributed by atoms with Crippen LogP contribution in [0.2, 0.25) is 0 Å². The van der Waals surface area contributed by atoms with Gasteiger partial charge in [0.1, 0.15) is 18.1 Å². The number of fused-ring (bicyclic) bond motifs is 1. The summed E-state index contributed by atoms with van der Waals surface area (Å²) in [5.41, 5.74) is 3.37. The van der Waals surface area contributed by atoms with E-state index in [4.69, 9.17) is 14.5 Å². The third-order valence-corrected chi connectivity index (χ3v) is 5.49. The van der Waals surface area contributed by atoms with Crippen molar-refractivity contribution in [1.29, 1.82) is 0 Å². The monoisotopic (exact) mass is 404 g/mol. The topological polar surface area (TPSA) is 36.3 Å². The maximum atomic E-state index is 5.94. The number of aryl methyl sites for hydroxylation is 1. The van der Waals surface area contributed by atoms with E-state index in [1.54, 1.807) is 11.8 Å². The molecule has 0 radical (unpaired) electrons. The molecule has 0 saturated carbocycles. The Hall–Kier alpha value is -2.92. The van der Waals surface area contributed by atoms with Crippen LogP contribution in [0.3, 0.4) is 0 Å². The maximum absolute atomic E-state index is 5.94. The number of ether oxygens (including phenoxy) is 2. The third kappa shape index (κ3) is 5.12. The molecule has 5 heteroatoms. The zero-order valence-corrected chi connectivity index (χ0v) is 17.3. The molecule has 3 aromatic carbocycles. The maximum Gasteiger partial charge on any atom is 0.169 e. The molecule has 0 N–H and O–H groups in total. The van der Waals surface area contributed by atoms with Gasteiger partial charge in [-0.3, -0.25) is 0 Å². The number of aromatic nitrogens is 2. The van der Waals surface area contributed by atoms with Crippen molar-refractivity contribution in [1.82, 2.24) is 9.55 Å². The first-order valence-corrected chi connectivity index (χ1v) is 10.7. The highest BCUT2D eigenvalue weighted by Gasteiger charge is 2.11. The van der Waals surface area contributed by atoms with Crippen LogP contribution < -0.4 is 9.47 Å². The summed E-state index contributed by atoms with van der Waals surface area (Å²) in [6.07, 6.45) is 0. The zero-order valence-electron chi connectivity index (χ0n) is 16.5. The fourth-order valence-corrected chi connectivity index (χ4v) is 3.94. The van der Waals surface area contributed by atoms with Crippen LogP contribution in [0.5, 0.6) is 11.5 Å². The van der Waals surface area contributed by atoms with Gasteiger partial charge < -0.3 is 14.0 Å². The Bertz CT molecular complexity index is 1050. The van der Waals surface area contributed by atoms with Gasteiger partial charge in [-0.25, -0.2) is 4.98 Å². The Morgan fingerprint density at radius 2 is 1.48 bits per heavy atom. The molecular weight excluding hydrogens is 380 g/mol. The van der Waals surface area contributed by atoms with Gasteiger partial charge in [0.15, 0.2) is 5.16 Å². The highest BCUT2D eigenvalue weighted by molar-refractivity contribution is 7.99. The number of thioether (sulfide) groups is 1. The van der Waals surface area contributed by atoms with Crippen LogP contribution >= 0.6 is 11.8 Å².